The third-order valence-corrected chi connectivity index (χ3v) is 3.73. The second-order valence-electron chi connectivity index (χ2n) is 4.72. The molecule has 0 aromatic heterocycles. The number of carboxylic acids is 1. The molecular formula is C15H21NO4S. The number of benzene rings is 1. The van der Waals surface area contributed by atoms with E-state index in [9.17, 15) is 9.59 Å². The minimum absolute atomic E-state index is 0.139. The van der Waals surface area contributed by atoms with Gasteiger partial charge >= 0.3 is 5.97 Å². The molecular weight excluding hydrogens is 290 g/mol. The standard InChI is InChI=1S/C15H21NO4S/c1-10-4-5-11(8-13(10)20-2)9-14(17)16-12(15(18)19)6-7-21-3/h4-5,8,12H,6-7,9H2,1-3H3,(H,16,17)(H,18,19)/t12-/m1/s1. The fraction of sp³-hybridized carbons (Fsp3) is 0.467. The topological polar surface area (TPSA) is 75.6 Å². The Labute approximate surface area is 129 Å². The van der Waals surface area contributed by atoms with Crippen molar-refractivity contribution >= 4 is 23.6 Å². The fourth-order valence-electron chi connectivity index (χ4n) is 1.90. The first-order chi connectivity index (χ1) is 9.97. The van der Waals surface area contributed by atoms with Gasteiger partial charge in [-0.05, 0) is 42.5 Å². The molecule has 0 bridgehead atoms. The Hall–Kier alpha value is -1.69. The van der Waals surface area contributed by atoms with E-state index in [-0.39, 0.29) is 12.3 Å². The normalized spacial score (nSPS) is 11.8. The highest BCUT2D eigenvalue weighted by Gasteiger charge is 2.19. The number of methoxy groups -OCH3 is 1. The van der Waals surface area contributed by atoms with Crippen molar-refractivity contribution in [3.63, 3.8) is 0 Å². The third-order valence-electron chi connectivity index (χ3n) is 3.08. The van der Waals surface area contributed by atoms with Crippen molar-refractivity contribution in [2.24, 2.45) is 0 Å². The Bertz CT molecular complexity index is 504. The maximum atomic E-state index is 12.0. The first-order valence-corrected chi connectivity index (χ1v) is 8.02. The first kappa shape index (κ1) is 17.4. The number of rotatable bonds is 8. The van der Waals surface area contributed by atoms with E-state index in [0.717, 1.165) is 16.9 Å². The summed E-state index contributed by atoms with van der Waals surface area (Å²) < 4.78 is 5.21. The van der Waals surface area contributed by atoms with E-state index in [1.165, 1.54) is 0 Å². The van der Waals surface area contributed by atoms with Crippen LogP contribution in [0, 0.1) is 6.92 Å². The summed E-state index contributed by atoms with van der Waals surface area (Å²) in [5, 5.41) is 11.6. The van der Waals surface area contributed by atoms with Gasteiger partial charge in [0, 0.05) is 0 Å². The van der Waals surface area contributed by atoms with Crippen LogP contribution in [0.25, 0.3) is 0 Å². The van der Waals surface area contributed by atoms with E-state index < -0.39 is 12.0 Å². The molecule has 1 atom stereocenters. The quantitative estimate of drug-likeness (QED) is 0.766. The van der Waals surface area contributed by atoms with Crippen molar-refractivity contribution < 1.29 is 19.4 Å². The zero-order chi connectivity index (χ0) is 15.8. The van der Waals surface area contributed by atoms with Crippen molar-refractivity contribution in [3.8, 4) is 5.75 Å². The lowest BCUT2D eigenvalue weighted by Gasteiger charge is -2.14. The number of carboxylic acid groups (broad SMARTS) is 1. The van der Waals surface area contributed by atoms with E-state index in [1.807, 2.05) is 25.3 Å². The first-order valence-electron chi connectivity index (χ1n) is 6.62. The Balaban J connectivity index is 2.65. The number of carbonyl (C=O) groups is 2. The molecule has 116 valence electrons. The van der Waals surface area contributed by atoms with Crippen LogP contribution in [0.2, 0.25) is 0 Å². The average Bonchev–Trinajstić information content (AvgIpc) is 2.45. The van der Waals surface area contributed by atoms with Gasteiger partial charge in [-0.25, -0.2) is 4.79 Å². The van der Waals surface area contributed by atoms with Crippen LogP contribution in [0.1, 0.15) is 17.5 Å². The molecule has 0 aliphatic heterocycles. The van der Waals surface area contributed by atoms with Crippen LogP contribution in [-0.2, 0) is 16.0 Å². The lowest BCUT2D eigenvalue weighted by atomic mass is 10.1. The number of carbonyl (C=O) groups excluding carboxylic acids is 1. The maximum Gasteiger partial charge on any atom is 0.326 e. The van der Waals surface area contributed by atoms with Crippen LogP contribution >= 0.6 is 11.8 Å². The van der Waals surface area contributed by atoms with Crippen LogP contribution < -0.4 is 10.1 Å². The summed E-state index contributed by atoms with van der Waals surface area (Å²) in [7, 11) is 1.58. The van der Waals surface area contributed by atoms with Crippen molar-refractivity contribution in [2.45, 2.75) is 25.8 Å². The summed E-state index contributed by atoms with van der Waals surface area (Å²) in [5.74, 6) is 0.112. The van der Waals surface area contributed by atoms with Gasteiger partial charge in [-0.2, -0.15) is 11.8 Å². The highest BCUT2D eigenvalue weighted by atomic mass is 32.2. The summed E-state index contributed by atoms with van der Waals surface area (Å²) in [6.07, 6.45) is 2.46. The molecule has 0 heterocycles. The highest BCUT2D eigenvalue weighted by Crippen LogP contribution is 2.19. The minimum Gasteiger partial charge on any atom is -0.496 e. The molecule has 0 fully saturated rings. The molecule has 1 amide bonds. The van der Waals surface area contributed by atoms with Crippen LogP contribution in [0.3, 0.4) is 0 Å². The fourth-order valence-corrected chi connectivity index (χ4v) is 2.37. The zero-order valence-corrected chi connectivity index (χ0v) is 13.3. The summed E-state index contributed by atoms with van der Waals surface area (Å²) in [5.41, 5.74) is 1.79. The van der Waals surface area contributed by atoms with Crippen molar-refractivity contribution in [3.05, 3.63) is 29.3 Å². The molecule has 1 aromatic rings. The highest BCUT2D eigenvalue weighted by molar-refractivity contribution is 7.98. The van der Waals surface area contributed by atoms with E-state index in [2.05, 4.69) is 5.32 Å². The summed E-state index contributed by atoms with van der Waals surface area (Å²) in [4.78, 5) is 23.0. The molecule has 0 saturated carbocycles. The Morgan fingerprint density at radius 3 is 2.71 bits per heavy atom. The smallest absolute Gasteiger partial charge is 0.326 e. The van der Waals surface area contributed by atoms with Crippen LogP contribution in [0.4, 0.5) is 0 Å². The summed E-state index contributed by atoms with van der Waals surface area (Å²) in [6.45, 7) is 1.92. The molecule has 0 radical (unpaired) electrons. The Kier molecular flexibility index (Phi) is 7.08. The second-order valence-corrected chi connectivity index (χ2v) is 5.71. The molecule has 5 nitrogen and oxygen atoms in total. The predicted molar refractivity (Wildman–Crippen MR) is 84.0 cm³/mol. The number of aryl methyl sites for hydroxylation is 1. The summed E-state index contributed by atoms with van der Waals surface area (Å²) in [6, 6.07) is 4.68. The van der Waals surface area contributed by atoms with Crippen LogP contribution in [-0.4, -0.2) is 42.1 Å². The van der Waals surface area contributed by atoms with E-state index in [0.29, 0.717) is 12.2 Å². The largest absolute Gasteiger partial charge is 0.496 e. The molecule has 6 heteroatoms. The van der Waals surface area contributed by atoms with Gasteiger partial charge in [0.15, 0.2) is 0 Å². The number of hydrogen-bond acceptors (Lipinski definition) is 4. The number of nitrogens with one attached hydrogen (secondary N) is 1. The van der Waals surface area contributed by atoms with Gasteiger partial charge in [0.2, 0.25) is 5.91 Å². The van der Waals surface area contributed by atoms with Gasteiger partial charge in [-0.1, -0.05) is 12.1 Å². The van der Waals surface area contributed by atoms with E-state index in [4.69, 9.17) is 9.84 Å². The lowest BCUT2D eigenvalue weighted by Crippen LogP contribution is -2.41. The molecule has 1 aromatic carbocycles. The van der Waals surface area contributed by atoms with Crippen molar-refractivity contribution in [1.82, 2.24) is 5.32 Å². The van der Waals surface area contributed by atoms with E-state index in [1.54, 1.807) is 24.9 Å². The van der Waals surface area contributed by atoms with Gasteiger partial charge in [-0.3, -0.25) is 4.79 Å². The van der Waals surface area contributed by atoms with Crippen LogP contribution in [0.15, 0.2) is 18.2 Å². The Morgan fingerprint density at radius 1 is 1.43 bits per heavy atom. The average molecular weight is 311 g/mol. The Morgan fingerprint density at radius 2 is 2.14 bits per heavy atom. The van der Waals surface area contributed by atoms with Gasteiger partial charge in [-0.15, -0.1) is 0 Å². The van der Waals surface area contributed by atoms with E-state index >= 15 is 0 Å². The molecule has 0 unspecified atom stereocenters. The maximum absolute atomic E-state index is 12.0. The molecule has 0 saturated heterocycles. The third kappa shape index (κ3) is 5.67. The van der Waals surface area contributed by atoms with Gasteiger partial charge in [0.05, 0.1) is 13.5 Å². The number of aliphatic carboxylic acids is 1. The van der Waals surface area contributed by atoms with Crippen molar-refractivity contribution in [2.75, 3.05) is 19.1 Å². The number of hydrogen-bond donors (Lipinski definition) is 2. The molecule has 0 spiro atoms. The number of amides is 1. The molecule has 1 rings (SSSR count). The minimum atomic E-state index is -1.00. The van der Waals surface area contributed by atoms with Gasteiger partial charge < -0.3 is 15.2 Å². The van der Waals surface area contributed by atoms with Gasteiger partial charge in [0.25, 0.3) is 0 Å². The lowest BCUT2D eigenvalue weighted by molar-refractivity contribution is -0.141. The summed E-state index contributed by atoms with van der Waals surface area (Å²) >= 11 is 1.55. The zero-order valence-electron chi connectivity index (χ0n) is 12.5. The number of ether oxygens (including phenoxy) is 1. The molecule has 0 aliphatic carbocycles. The van der Waals surface area contributed by atoms with Crippen LogP contribution in [0.5, 0.6) is 5.75 Å². The molecule has 2 N–H and O–H groups in total. The molecule has 21 heavy (non-hydrogen) atoms. The molecule has 0 aliphatic rings. The predicted octanol–water partition coefficient (Wildman–Crippen LogP) is 1.87. The SMILES string of the molecule is COc1cc(CC(=O)N[C@H](CCSC)C(=O)O)ccc1C. The van der Waals surface area contributed by atoms with Gasteiger partial charge in [0.1, 0.15) is 11.8 Å². The second kappa shape index (κ2) is 8.56. The number of thioether (sulfide) groups is 1. The monoisotopic (exact) mass is 311 g/mol. The van der Waals surface area contributed by atoms with Crippen molar-refractivity contribution in [1.29, 1.82) is 0 Å².